The quantitative estimate of drug-likeness (QED) is 0.319. The van der Waals surface area contributed by atoms with Gasteiger partial charge in [0, 0.05) is 12.0 Å². The second-order valence-corrected chi connectivity index (χ2v) is 4.48. The first-order chi connectivity index (χ1) is 6.74. The number of Topliss-reactive ketones (excluding diaryl/α,β-unsaturated/α-hetero) is 1. The number of hydrogen-bond donors (Lipinski definition) is 0. The Bertz CT molecular complexity index is 393. The van der Waals surface area contributed by atoms with Crippen LogP contribution in [0, 0.1) is 0 Å². The minimum absolute atomic E-state index is 0.0252. The molecule has 0 atom stereocenters. The van der Waals surface area contributed by atoms with Crippen molar-refractivity contribution in [2.45, 2.75) is 24.8 Å². The van der Waals surface area contributed by atoms with Crippen molar-refractivity contribution in [1.29, 1.82) is 0 Å². The van der Waals surface area contributed by atoms with E-state index in [-0.39, 0.29) is 24.2 Å². The predicted molar refractivity (Wildman–Crippen MR) is 43.0 cm³/mol. The van der Waals surface area contributed by atoms with Crippen molar-refractivity contribution in [3.05, 3.63) is 11.8 Å². The maximum absolute atomic E-state index is 11.8. The maximum atomic E-state index is 11.8. The van der Waals surface area contributed by atoms with E-state index in [0.717, 1.165) is 0 Å². The largest absolute Gasteiger partial charge is 0.534 e. The third kappa shape index (κ3) is 2.71. The molecule has 1 aliphatic rings. The van der Waals surface area contributed by atoms with E-state index in [4.69, 9.17) is 0 Å². The minimum atomic E-state index is -5.64. The Morgan fingerprint density at radius 3 is 2.27 bits per heavy atom. The minimum Gasteiger partial charge on any atom is -0.384 e. The summed E-state index contributed by atoms with van der Waals surface area (Å²) in [5.41, 5.74) is -5.49. The number of rotatable bonds is 2. The summed E-state index contributed by atoms with van der Waals surface area (Å²) in [6.07, 6.45) is 1.33. The summed E-state index contributed by atoms with van der Waals surface area (Å²) in [6, 6.07) is 0. The van der Waals surface area contributed by atoms with E-state index in [9.17, 15) is 26.4 Å². The number of carbonyl (C=O) groups excluding carboxylic acids is 1. The fourth-order valence-corrected chi connectivity index (χ4v) is 1.39. The van der Waals surface area contributed by atoms with Crippen LogP contribution in [0.2, 0.25) is 0 Å². The first-order valence-electron chi connectivity index (χ1n) is 3.96. The monoisotopic (exact) mass is 244 g/mol. The van der Waals surface area contributed by atoms with Crippen LogP contribution in [0.4, 0.5) is 13.2 Å². The Kier molecular flexibility index (Phi) is 3.08. The number of alkyl halides is 3. The van der Waals surface area contributed by atoms with Gasteiger partial charge in [0.25, 0.3) is 0 Å². The number of allylic oxidation sites excluding steroid dienone is 1. The fourth-order valence-electron chi connectivity index (χ4n) is 1.04. The van der Waals surface area contributed by atoms with Gasteiger partial charge in [-0.2, -0.15) is 21.6 Å². The number of halogens is 3. The van der Waals surface area contributed by atoms with Crippen LogP contribution in [-0.4, -0.2) is 19.7 Å². The van der Waals surface area contributed by atoms with E-state index < -0.39 is 15.6 Å². The van der Waals surface area contributed by atoms with Crippen LogP contribution in [-0.2, 0) is 19.1 Å². The van der Waals surface area contributed by atoms with Gasteiger partial charge in [0.15, 0.2) is 5.78 Å². The van der Waals surface area contributed by atoms with Crippen LogP contribution in [0.3, 0.4) is 0 Å². The van der Waals surface area contributed by atoms with Crippen molar-refractivity contribution >= 4 is 15.9 Å². The van der Waals surface area contributed by atoms with Crippen LogP contribution >= 0.6 is 0 Å². The molecule has 0 heterocycles. The van der Waals surface area contributed by atoms with Gasteiger partial charge in [0.1, 0.15) is 6.26 Å². The molecule has 0 N–H and O–H groups in total. The van der Waals surface area contributed by atoms with Crippen molar-refractivity contribution in [2.75, 3.05) is 0 Å². The zero-order valence-electron chi connectivity index (χ0n) is 7.37. The second kappa shape index (κ2) is 3.84. The van der Waals surface area contributed by atoms with Crippen molar-refractivity contribution in [3.8, 4) is 0 Å². The van der Waals surface area contributed by atoms with Crippen LogP contribution in [0.25, 0.3) is 0 Å². The summed E-state index contributed by atoms with van der Waals surface area (Å²) < 4.78 is 59.8. The highest BCUT2D eigenvalue weighted by Crippen LogP contribution is 2.26. The number of ketones is 1. The van der Waals surface area contributed by atoms with Crippen molar-refractivity contribution in [3.63, 3.8) is 0 Å². The molecule has 0 aromatic rings. The zero-order chi connectivity index (χ0) is 11.7. The van der Waals surface area contributed by atoms with E-state index in [0.29, 0.717) is 12.7 Å². The summed E-state index contributed by atoms with van der Waals surface area (Å²) in [5, 5.41) is 0. The molecule has 86 valence electrons. The molecule has 0 radical (unpaired) electrons. The van der Waals surface area contributed by atoms with Gasteiger partial charge in [-0.25, -0.2) is 0 Å². The van der Waals surface area contributed by atoms with Gasteiger partial charge in [-0.3, -0.25) is 4.79 Å². The van der Waals surface area contributed by atoms with Crippen LogP contribution in [0.15, 0.2) is 11.8 Å². The Hall–Kier alpha value is -1.05. The molecular weight excluding hydrogens is 237 g/mol. The van der Waals surface area contributed by atoms with Gasteiger partial charge in [-0.05, 0) is 12.8 Å². The number of hydrogen-bond acceptors (Lipinski definition) is 4. The van der Waals surface area contributed by atoms with Gasteiger partial charge in [0.2, 0.25) is 0 Å². The Morgan fingerprint density at radius 1 is 1.27 bits per heavy atom. The third-order valence-electron chi connectivity index (χ3n) is 1.81. The molecule has 15 heavy (non-hydrogen) atoms. The standard InChI is InChI=1S/C7H7F3O4S/c8-7(9,10)15(12,13)14-4-5-2-1-3-6(5)11/h4H,1-3H2/b5-4-. The second-order valence-electron chi connectivity index (χ2n) is 2.92. The summed E-state index contributed by atoms with van der Waals surface area (Å²) in [6.45, 7) is 0. The molecule has 0 aromatic carbocycles. The molecule has 1 saturated carbocycles. The molecular formula is C7H7F3O4S. The highest BCUT2D eigenvalue weighted by molar-refractivity contribution is 7.87. The summed E-state index contributed by atoms with van der Waals surface area (Å²) in [5.74, 6) is -0.382. The molecule has 0 unspecified atom stereocenters. The SMILES string of the molecule is O=C1CCC/C1=C/OS(=O)(=O)C(F)(F)F. The number of carbonyl (C=O) groups is 1. The summed E-state index contributed by atoms with van der Waals surface area (Å²) >= 11 is 0. The molecule has 1 rings (SSSR count). The first kappa shape index (κ1) is 12.0. The molecule has 4 nitrogen and oxygen atoms in total. The van der Waals surface area contributed by atoms with E-state index in [2.05, 4.69) is 4.18 Å². The normalized spacial score (nSPS) is 21.0. The lowest BCUT2D eigenvalue weighted by Gasteiger charge is -2.06. The molecule has 1 fully saturated rings. The summed E-state index contributed by atoms with van der Waals surface area (Å²) in [7, 11) is -5.64. The molecule has 0 aliphatic heterocycles. The molecule has 0 spiro atoms. The van der Waals surface area contributed by atoms with Gasteiger partial charge in [-0.1, -0.05) is 0 Å². The maximum Gasteiger partial charge on any atom is 0.534 e. The highest BCUT2D eigenvalue weighted by atomic mass is 32.2. The van der Waals surface area contributed by atoms with Gasteiger partial charge in [0.05, 0.1) is 0 Å². The average Bonchev–Trinajstić information content (AvgIpc) is 2.46. The van der Waals surface area contributed by atoms with Crippen LogP contribution in [0.1, 0.15) is 19.3 Å². The third-order valence-corrected chi connectivity index (χ3v) is 2.73. The molecule has 8 heteroatoms. The van der Waals surface area contributed by atoms with E-state index >= 15 is 0 Å². The van der Waals surface area contributed by atoms with Crippen molar-refractivity contribution in [1.82, 2.24) is 0 Å². The lowest BCUT2D eigenvalue weighted by Crippen LogP contribution is -2.24. The molecule has 0 bridgehead atoms. The Balaban J connectivity index is 2.76. The van der Waals surface area contributed by atoms with E-state index in [1.807, 2.05) is 0 Å². The van der Waals surface area contributed by atoms with Crippen molar-refractivity contribution in [2.24, 2.45) is 0 Å². The topological polar surface area (TPSA) is 60.4 Å². The molecule has 1 aliphatic carbocycles. The first-order valence-corrected chi connectivity index (χ1v) is 5.36. The molecule has 0 aromatic heterocycles. The van der Waals surface area contributed by atoms with E-state index in [1.54, 1.807) is 0 Å². The predicted octanol–water partition coefficient (Wildman–Crippen LogP) is 1.49. The summed E-state index contributed by atoms with van der Waals surface area (Å²) in [4.78, 5) is 10.9. The Morgan fingerprint density at radius 2 is 1.87 bits per heavy atom. The highest BCUT2D eigenvalue weighted by Gasteiger charge is 2.48. The van der Waals surface area contributed by atoms with Gasteiger partial charge >= 0.3 is 15.6 Å². The smallest absolute Gasteiger partial charge is 0.384 e. The Labute approximate surface area is 83.8 Å². The van der Waals surface area contributed by atoms with Gasteiger partial charge < -0.3 is 4.18 Å². The van der Waals surface area contributed by atoms with Gasteiger partial charge in [-0.15, -0.1) is 0 Å². The molecule has 0 amide bonds. The lowest BCUT2D eigenvalue weighted by molar-refractivity contribution is -0.114. The van der Waals surface area contributed by atoms with E-state index in [1.165, 1.54) is 0 Å². The van der Waals surface area contributed by atoms with Crippen molar-refractivity contribution < 1.29 is 30.6 Å². The average molecular weight is 244 g/mol. The zero-order valence-corrected chi connectivity index (χ0v) is 8.19. The molecule has 0 saturated heterocycles. The van der Waals surface area contributed by atoms with Crippen LogP contribution < -0.4 is 0 Å². The van der Waals surface area contributed by atoms with Crippen LogP contribution in [0.5, 0.6) is 0 Å². The lowest BCUT2D eigenvalue weighted by atomic mass is 10.2. The fraction of sp³-hybridized carbons (Fsp3) is 0.571.